The Kier molecular flexibility index (Phi) is 4.80. The molecule has 0 spiro atoms. The first kappa shape index (κ1) is 13.9. The van der Waals surface area contributed by atoms with E-state index in [9.17, 15) is 4.79 Å². The van der Waals surface area contributed by atoms with Crippen LogP contribution in [-0.2, 0) is 11.3 Å². The van der Waals surface area contributed by atoms with E-state index in [2.05, 4.69) is 18.3 Å². The summed E-state index contributed by atoms with van der Waals surface area (Å²) in [6.07, 6.45) is 1.58. The molecule has 1 atom stereocenters. The molecule has 1 amide bonds. The Hall–Kier alpha value is -1.55. The third-order valence-corrected chi connectivity index (χ3v) is 3.31. The third-order valence-electron chi connectivity index (χ3n) is 3.31. The lowest BCUT2D eigenvalue weighted by Crippen LogP contribution is -2.29. The van der Waals surface area contributed by atoms with Crippen molar-refractivity contribution < 1.29 is 9.53 Å². The number of nitrogens with zero attached hydrogens (tertiary/aromatic N) is 1. The largest absolute Gasteiger partial charge is 0.481 e. The fourth-order valence-electron chi connectivity index (χ4n) is 2.20. The maximum absolute atomic E-state index is 11.8. The summed E-state index contributed by atoms with van der Waals surface area (Å²) in [6, 6.07) is 7.96. The first-order chi connectivity index (χ1) is 9.20. The van der Waals surface area contributed by atoms with Crippen LogP contribution in [0.1, 0.15) is 25.3 Å². The van der Waals surface area contributed by atoms with Gasteiger partial charge in [0.05, 0.1) is 0 Å². The molecule has 2 rings (SSSR count). The lowest BCUT2D eigenvalue weighted by molar-refractivity contribution is -0.132. The summed E-state index contributed by atoms with van der Waals surface area (Å²) in [5, 5.41) is 3.36. The summed E-state index contributed by atoms with van der Waals surface area (Å²) < 4.78 is 5.79. The summed E-state index contributed by atoms with van der Waals surface area (Å²) in [7, 11) is 1.82. The van der Waals surface area contributed by atoms with Gasteiger partial charge >= 0.3 is 0 Å². The molecule has 1 fully saturated rings. The van der Waals surface area contributed by atoms with Crippen molar-refractivity contribution in [2.24, 2.45) is 0 Å². The highest BCUT2D eigenvalue weighted by molar-refractivity contribution is 5.83. The molecule has 104 valence electrons. The zero-order chi connectivity index (χ0) is 13.7. The van der Waals surface area contributed by atoms with Crippen LogP contribution in [0.4, 0.5) is 0 Å². The van der Waals surface area contributed by atoms with Crippen molar-refractivity contribution >= 4 is 5.91 Å². The van der Waals surface area contributed by atoms with E-state index in [1.807, 2.05) is 25.2 Å². The van der Waals surface area contributed by atoms with Crippen LogP contribution in [0.2, 0.25) is 0 Å². The fraction of sp³-hybridized carbons (Fsp3) is 0.533. The number of benzene rings is 1. The topological polar surface area (TPSA) is 41.6 Å². The van der Waals surface area contributed by atoms with Crippen LogP contribution in [0, 0.1) is 0 Å². The van der Waals surface area contributed by atoms with Gasteiger partial charge in [-0.3, -0.25) is 4.79 Å². The average Bonchev–Trinajstić information content (AvgIpc) is 2.72. The normalized spacial score (nSPS) is 18.9. The number of rotatable bonds is 6. The SMILES string of the molecule is CCCNCc1cccc(OC2CCN(C)C2=O)c1. The highest BCUT2D eigenvalue weighted by atomic mass is 16.5. The Morgan fingerprint density at radius 1 is 1.47 bits per heavy atom. The van der Waals surface area contributed by atoms with Gasteiger partial charge in [-0.05, 0) is 30.7 Å². The minimum absolute atomic E-state index is 0.0783. The summed E-state index contributed by atoms with van der Waals surface area (Å²) in [5.41, 5.74) is 1.18. The quantitative estimate of drug-likeness (QED) is 0.795. The van der Waals surface area contributed by atoms with Crippen molar-refractivity contribution in [3.05, 3.63) is 29.8 Å². The van der Waals surface area contributed by atoms with Crippen molar-refractivity contribution in [3.8, 4) is 5.75 Å². The van der Waals surface area contributed by atoms with E-state index in [-0.39, 0.29) is 12.0 Å². The maximum Gasteiger partial charge on any atom is 0.263 e. The zero-order valence-corrected chi connectivity index (χ0v) is 11.7. The lowest BCUT2D eigenvalue weighted by atomic mass is 10.2. The van der Waals surface area contributed by atoms with Gasteiger partial charge in [-0.15, -0.1) is 0 Å². The molecule has 1 aliphatic rings. The van der Waals surface area contributed by atoms with E-state index >= 15 is 0 Å². The van der Waals surface area contributed by atoms with Crippen LogP contribution in [0.3, 0.4) is 0 Å². The van der Waals surface area contributed by atoms with Crippen LogP contribution in [0.5, 0.6) is 5.75 Å². The number of likely N-dealkylation sites (N-methyl/N-ethyl adjacent to an activating group) is 1. The zero-order valence-electron chi connectivity index (χ0n) is 11.7. The summed E-state index contributed by atoms with van der Waals surface area (Å²) in [5.74, 6) is 0.860. The highest BCUT2D eigenvalue weighted by Crippen LogP contribution is 2.19. The van der Waals surface area contributed by atoms with Gasteiger partial charge in [0.2, 0.25) is 0 Å². The first-order valence-electron chi connectivity index (χ1n) is 6.92. The minimum atomic E-state index is -0.316. The Balaban J connectivity index is 1.93. The number of carbonyl (C=O) groups excluding carboxylic acids is 1. The lowest BCUT2D eigenvalue weighted by Gasteiger charge is -2.14. The summed E-state index contributed by atoms with van der Waals surface area (Å²) in [6.45, 7) is 4.77. The predicted molar refractivity (Wildman–Crippen MR) is 75.1 cm³/mol. The van der Waals surface area contributed by atoms with Gasteiger partial charge in [-0.25, -0.2) is 0 Å². The Labute approximate surface area is 114 Å². The number of amides is 1. The number of ether oxygens (including phenoxy) is 1. The molecular weight excluding hydrogens is 240 g/mol. The second kappa shape index (κ2) is 6.57. The van der Waals surface area contributed by atoms with E-state index in [1.165, 1.54) is 5.56 Å². The summed E-state index contributed by atoms with van der Waals surface area (Å²) >= 11 is 0. The maximum atomic E-state index is 11.8. The minimum Gasteiger partial charge on any atom is -0.481 e. The third kappa shape index (κ3) is 3.70. The van der Waals surface area contributed by atoms with E-state index in [0.717, 1.165) is 38.2 Å². The molecule has 1 heterocycles. The van der Waals surface area contributed by atoms with Gasteiger partial charge in [0.25, 0.3) is 5.91 Å². The van der Waals surface area contributed by atoms with E-state index in [1.54, 1.807) is 4.90 Å². The second-order valence-electron chi connectivity index (χ2n) is 4.98. The number of hydrogen-bond acceptors (Lipinski definition) is 3. The Morgan fingerprint density at radius 2 is 2.32 bits per heavy atom. The molecule has 1 aliphatic heterocycles. The first-order valence-corrected chi connectivity index (χ1v) is 6.92. The molecule has 1 aromatic carbocycles. The van der Waals surface area contributed by atoms with Crippen molar-refractivity contribution in [1.82, 2.24) is 10.2 Å². The van der Waals surface area contributed by atoms with Gasteiger partial charge in [-0.2, -0.15) is 0 Å². The molecule has 0 radical (unpaired) electrons. The van der Waals surface area contributed by atoms with Crippen LogP contribution in [0.15, 0.2) is 24.3 Å². The van der Waals surface area contributed by atoms with E-state index < -0.39 is 0 Å². The number of carbonyl (C=O) groups is 1. The smallest absolute Gasteiger partial charge is 0.263 e. The monoisotopic (exact) mass is 262 g/mol. The van der Waals surface area contributed by atoms with Crippen LogP contribution in [0.25, 0.3) is 0 Å². The van der Waals surface area contributed by atoms with E-state index in [4.69, 9.17) is 4.74 Å². The molecule has 0 bridgehead atoms. The molecule has 1 aromatic rings. The van der Waals surface area contributed by atoms with Gasteiger partial charge in [0, 0.05) is 26.6 Å². The number of nitrogens with one attached hydrogen (secondary N) is 1. The fourth-order valence-corrected chi connectivity index (χ4v) is 2.20. The van der Waals surface area contributed by atoms with Crippen molar-refractivity contribution in [3.63, 3.8) is 0 Å². The Bertz CT molecular complexity index is 434. The van der Waals surface area contributed by atoms with Crippen molar-refractivity contribution in [1.29, 1.82) is 0 Å². The van der Waals surface area contributed by atoms with E-state index in [0.29, 0.717) is 0 Å². The van der Waals surface area contributed by atoms with Gasteiger partial charge in [-0.1, -0.05) is 19.1 Å². The average molecular weight is 262 g/mol. The second-order valence-corrected chi connectivity index (χ2v) is 4.98. The molecular formula is C15H22N2O2. The molecule has 0 saturated carbocycles. The van der Waals surface area contributed by atoms with Crippen LogP contribution >= 0.6 is 0 Å². The van der Waals surface area contributed by atoms with Crippen molar-refractivity contribution in [2.75, 3.05) is 20.1 Å². The summed E-state index contributed by atoms with van der Waals surface area (Å²) in [4.78, 5) is 13.5. The van der Waals surface area contributed by atoms with Gasteiger partial charge in [0.1, 0.15) is 5.75 Å². The van der Waals surface area contributed by atoms with Crippen molar-refractivity contribution in [2.45, 2.75) is 32.4 Å². The van der Waals surface area contributed by atoms with Gasteiger partial charge in [0.15, 0.2) is 6.10 Å². The predicted octanol–water partition coefficient (Wildman–Crippen LogP) is 1.80. The Morgan fingerprint density at radius 3 is 3.00 bits per heavy atom. The molecule has 0 aliphatic carbocycles. The molecule has 1 saturated heterocycles. The molecule has 4 heteroatoms. The van der Waals surface area contributed by atoms with Gasteiger partial charge < -0.3 is 15.0 Å². The standard InChI is InChI=1S/C15H22N2O2/c1-3-8-16-11-12-5-4-6-13(10-12)19-14-7-9-17(2)15(14)18/h4-6,10,14,16H,3,7-9,11H2,1-2H3. The van der Waals surface area contributed by atoms with Crippen LogP contribution < -0.4 is 10.1 Å². The number of likely N-dealkylation sites (tertiary alicyclic amines) is 1. The molecule has 1 N–H and O–H groups in total. The highest BCUT2D eigenvalue weighted by Gasteiger charge is 2.30. The molecule has 19 heavy (non-hydrogen) atoms. The van der Waals surface area contributed by atoms with Crippen LogP contribution in [-0.4, -0.2) is 37.0 Å². The number of hydrogen-bond donors (Lipinski definition) is 1. The molecule has 4 nitrogen and oxygen atoms in total. The molecule has 0 aromatic heterocycles. The molecule has 1 unspecified atom stereocenters.